The van der Waals surface area contributed by atoms with Gasteiger partial charge in [-0.3, -0.25) is 14.4 Å². The molecule has 0 N–H and O–H groups in total. The number of ketones is 1. The summed E-state index contributed by atoms with van der Waals surface area (Å²) in [5.74, 6) is 2.10. The van der Waals surface area contributed by atoms with E-state index in [-0.39, 0.29) is 28.9 Å². The van der Waals surface area contributed by atoms with Crippen molar-refractivity contribution < 1.29 is 33.3 Å². The van der Waals surface area contributed by atoms with E-state index in [1.807, 2.05) is 99.9 Å². The van der Waals surface area contributed by atoms with Crippen molar-refractivity contribution in [1.29, 1.82) is 0 Å². The fraction of sp³-hybridized carbons (Fsp3) is 0.327. The Hall–Kier alpha value is -5.54. The number of rotatable bonds is 16. The smallest absolute Gasteiger partial charge is 0.317 e. The van der Waals surface area contributed by atoms with Crippen LogP contribution in [0.3, 0.4) is 0 Å². The van der Waals surface area contributed by atoms with Gasteiger partial charge in [-0.25, -0.2) is 0 Å². The van der Waals surface area contributed by atoms with Crippen LogP contribution in [0.2, 0.25) is 0 Å². The molecular formula is C49H53NO7S. The van der Waals surface area contributed by atoms with Gasteiger partial charge in [0.1, 0.15) is 11.5 Å². The molecule has 1 aromatic heterocycles. The number of esters is 1. The van der Waals surface area contributed by atoms with Gasteiger partial charge in [-0.15, -0.1) is 0 Å². The summed E-state index contributed by atoms with van der Waals surface area (Å²) in [6.07, 6.45) is 11.9. The third-order valence-corrected chi connectivity index (χ3v) is 11.4. The molecule has 1 saturated carbocycles. The van der Waals surface area contributed by atoms with Crippen molar-refractivity contribution in [2.24, 2.45) is 11.3 Å². The van der Waals surface area contributed by atoms with Crippen LogP contribution in [-0.2, 0) is 14.4 Å². The summed E-state index contributed by atoms with van der Waals surface area (Å²) in [7, 11) is 1.54. The van der Waals surface area contributed by atoms with E-state index in [9.17, 15) is 14.4 Å². The van der Waals surface area contributed by atoms with Crippen molar-refractivity contribution in [2.75, 3.05) is 13.7 Å². The van der Waals surface area contributed by atoms with Crippen molar-refractivity contribution in [3.8, 4) is 39.8 Å². The number of nitrogens with zero attached hydrogens (tertiary/aromatic N) is 1. The lowest BCUT2D eigenvalue weighted by atomic mass is 9.84. The number of aromatic nitrogens is 1. The Morgan fingerprint density at radius 1 is 0.810 bits per heavy atom. The van der Waals surface area contributed by atoms with Crippen LogP contribution in [0.15, 0.2) is 114 Å². The zero-order valence-electron chi connectivity index (χ0n) is 34.3. The predicted molar refractivity (Wildman–Crippen MR) is 231 cm³/mol. The molecule has 1 heterocycles. The molecule has 4 aromatic carbocycles. The van der Waals surface area contributed by atoms with Gasteiger partial charge in [0.2, 0.25) is 0 Å². The van der Waals surface area contributed by atoms with Crippen LogP contribution in [0, 0.1) is 25.2 Å². The highest BCUT2D eigenvalue weighted by molar-refractivity contribution is 8.13. The lowest BCUT2D eigenvalue weighted by Gasteiger charge is -2.27. The van der Waals surface area contributed by atoms with Crippen LogP contribution >= 0.6 is 11.8 Å². The average Bonchev–Trinajstić information content (AvgIpc) is 3.76. The molecule has 1 aliphatic rings. The summed E-state index contributed by atoms with van der Waals surface area (Å²) in [5, 5.41) is 0.0697. The number of benzene rings is 4. The third-order valence-electron chi connectivity index (χ3n) is 10.6. The maximum atomic E-state index is 13.3. The van der Waals surface area contributed by atoms with Crippen molar-refractivity contribution >= 4 is 34.7 Å². The van der Waals surface area contributed by atoms with Gasteiger partial charge in [0, 0.05) is 35.8 Å². The average molecular weight is 800 g/mol. The molecule has 6 rings (SSSR count). The molecule has 0 bridgehead atoms. The molecule has 302 valence electrons. The lowest BCUT2D eigenvalue weighted by Crippen LogP contribution is -2.29. The Balaban J connectivity index is 0.939. The van der Waals surface area contributed by atoms with Crippen LogP contribution < -0.4 is 18.9 Å². The first-order chi connectivity index (χ1) is 27.9. The lowest BCUT2D eigenvalue weighted by molar-refractivity contribution is -0.144. The van der Waals surface area contributed by atoms with E-state index in [2.05, 4.69) is 23.6 Å². The highest BCUT2D eigenvalue weighted by Crippen LogP contribution is 2.34. The maximum absolute atomic E-state index is 13.3. The van der Waals surface area contributed by atoms with Crippen LogP contribution in [0.5, 0.6) is 23.0 Å². The summed E-state index contributed by atoms with van der Waals surface area (Å²) < 4.78 is 26.0. The van der Waals surface area contributed by atoms with Gasteiger partial charge in [0.15, 0.2) is 22.4 Å². The van der Waals surface area contributed by atoms with E-state index < -0.39 is 5.41 Å². The Labute approximate surface area is 346 Å². The Bertz CT molecular complexity index is 2210. The van der Waals surface area contributed by atoms with Gasteiger partial charge < -0.3 is 23.5 Å². The molecule has 8 nitrogen and oxygen atoms in total. The number of hydrogen-bond acceptors (Lipinski definition) is 8. The second kappa shape index (κ2) is 19.3. The molecule has 0 atom stereocenters. The number of carbonyl (C=O) groups is 3. The van der Waals surface area contributed by atoms with E-state index in [0.717, 1.165) is 75.6 Å². The fourth-order valence-corrected chi connectivity index (χ4v) is 7.80. The topological polar surface area (TPSA) is 93.1 Å². The van der Waals surface area contributed by atoms with E-state index in [1.165, 1.54) is 18.9 Å². The molecular weight excluding hydrogens is 747 g/mol. The fourth-order valence-electron chi connectivity index (χ4n) is 7.19. The standard InChI is InChI=1S/C49H53NO7S/c1-33-31-46(34(2)30-43(33)50-27-7-8-28-50)55-29-9-26-49(4,5)48(53)57-45-25-11-36(32-47(45)54-6)10-24-44(52)39-14-20-41(21-15-39)56-40-18-12-37(13-19-40)38-16-22-42(23-17-38)58-35(3)51/h7-8,10-13,16-19,22-25,27-28,30-32,39,41H,9,14-15,20-21,26,29H2,1-6H3. The molecule has 5 aromatic rings. The maximum Gasteiger partial charge on any atom is 0.317 e. The number of hydrogen-bond donors (Lipinski definition) is 0. The number of aryl methyl sites for hydroxylation is 2. The highest BCUT2D eigenvalue weighted by atomic mass is 32.2. The molecule has 0 radical (unpaired) electrons. The van der Waals surface area contributed by atoms with Crippen molar-refractivity contribution in [2.45, 2.75) is 84.1 Å². The van der Waals surface area contributed by atoms with Gasteiger partial charge in [-0.1, -0.05) is 48.2 Å². The first-order valence-corrected chi connectivity index (χ1v) is 20.8. The van der Waals surface area contributed by atoms with E-state index >= 15 is 0 Å². The van der Waals surface area contributed by atoms with E-state index in [0.29, 0.717) is 30.9 Å². The number of allylic oxidation sites excluding steroid dienone is 1. The van der Waals surface area contributed by atoms with Crippen molar-refractivity contribution in [3.63, 3.8) is 0 Å². The van der Waals surface area contributed by atoms with Crippen LogP contribution in [0.1, 0.15) is 76.0 Å². The summed E-state index contributed by atoms with van der Waals surface area (Å²) in [5.41, 5.74) is 5.49. The molecule has 1 fully saturated rings. The minimum atomic E-state index is -0.747. The van der Waals surface area contributed by atoms with Crippen LogP contribution in [0.4, 0.5) is 0 Å². The van der Waals surface area contributed by atoms with Crippen LogP contribution in [0.25, 0.3) is 22.9 Å². The number of methoxy groups -OCH3 is 1. The Kier molecular flexibility index (Phi) is 14.0. The normalized spacial score (nSPS) is 15.6. The minimum absolute atomic E-state index is 0.0545. The van der Waals surface area contributed by atoms with Gasteiger partial charge in [-0.05, 0) is 161 Å². The van der Waals surface area contributed by atoms with Gasteiger partial charge in [0.05, 0.1) is 25.2 Å². The van der Waals surface area contributed by atoms with E-state index in [1.54, 1.807) is 31.2 Å². The summed E-state index contributed by atoms with van der Waals surface area (Å²) in [4.78, 5) is 38.8. The highest BCUT2D eigenvalue weighted by Gasteiger charge is 2.30. The first-order valence-electron chi connectivity index (χ1n) is 19.9. The number of thioether (sulfide) groups is 1. The summed E-state index contributed by atoms with van der Waals surface area (Å²) in [6, 6.07) is 29.5. The molecule has 0 unspecified atom stereocenters. The van der Waals surface area contributed by atoms with Crippen LogP contribution in [-0.4, -0.2) is 41.3 Å². The van der Waals surface area contributed by atoms with Gasteiger partial charge >= 0.3 is 5.97 Å². The molecule has 0 amide bonds. The molecule has 58 heavy (non-hydrogen) atoms. The number of carbonyl (C=O) groups excluding carboxylic acids is 3. The largest absolute Gasteiger partial charge is 0.493 e. The zero-order valence-corrected chi connectivity index (χ0v) is 35.1. The molecule has 9 heteroatoms. The molecule has 0 spiro atoms. The Morgan fingerprint density at radius 3 is 2.14 bits per heavy atom. The first kappa shape index (κ1) is 42.1. The zero-order chi connectivity index (χ0) is 41.2. The van der Waals surface area contributed by atoms with E-state index in [4.69, 9.17) is 18.9 Å². The quantitative estimate of drug-likeness (QED) is 0.0320. The predicted octanol–water partition coefficient (Wildman–Crippen LogP) is 11.4. The SMILES string of the molecule is COc1cc(C=CC(=O)C2CCC(Oc3ccc(-c4ccc(SC(C)=O)cc4)cc3)CC2)ccc1OC(=O)C(C)(C)CCCOc1cc(C)c(-n2cccc2)cc1C. The summed E-state index contributed by atoms with van der Waals surface area (Å²) >= 11 is 1.23. The molecule has 0 aliphatic heterocycles. The van der Waals surface area contributed by atoms with Crippen molar-refractivity contribution in [1.82, 2.24) is 4.57 Å². The summed E-state index contributed by atoms with van der Waals surface area (Å²) in [6.45, 7) is 9.92. The molecule has 1 aliphatic carbocycles. The third kappa shape index (κ3) is 11.1. The second-order valence-corrected chi connectivity index (χ2v) is 16.9. The van der Waals surface area contributed by atoms with Gasteiger partial charge in [-0.2, -0.15) is 0 Å². The minimum Gasteiger partial charge on any atom is -0.493 e. The molecule has 0 saturated heterocycles. The van der Waals surface area contributed by atoms with Gasteiger partial charge in [0.25, 0.3) is 0 Å². The number of ether oxygens (including phenoxy) is 4. The Morgan fingerprint density at radius 2 is 1.48 bits per heavy atom. The van der Waals surface area contributed by atoms with Crippen molar-refractivity contribution in [3.05, 3.63) is 126 Å². The monoisotopic (exact) mass is 799 g/mol. The second-order valence-electron chi connectivity index (χ2n) is 15.6.